The van der Waals surface area contributed by atoms with E-state index in [1.54, 1.807) is 0 Å². The Balaban J connectivity index is 2.47. The molecule has 0 aliphatic carbocycles. The summed E-state index contributed by atoms with van der Waals surface area (Å²) in [6.07, 6.45) is 3.52. The van der Waals surface area contributed by atoms with E-state index < -0.39 is 15.4 Å². The maximum absolute atomic E-state index is 11.0. The number of sulfone groups is 1. The van der Waals surface area contributed by atoms with Gasteiger partial charge in [0, 0.05) is 19.5 Å². The molecule has 0 aromatic heterocycles. The molecule has 1 aliphatic heterocycles. The predicted octanol–water partition coefficient (Wildman–Crippen LogP) is 0.353. The fraction of sp³-hybridized carbons (Fsp3) is 1.00. The minimum Gasteiger partial charge on any atom is -0.390 e. The van der Waals surface area contributed by atoms with E-state index in [0.29, 0.717) is 32.5 Å². The fourth-order valence-electron chi connectivity index (χ4n) is 1.62. The molecule has 1 saturated heterocycles. The lowest BCUT2D eigenvalue weighted by Gasteiger charge is -2.25. The van der Waals surface area contributed by atoms with Gasteiger partial charge in [-0.1, -0.05) is 0 Å². The van der Waals surface area contributed by atoms with Gasteiger partial charge in [-0.15, -0.1) is 0 Å². The summed E-state index contributed by atoms with van der Waals surface area (Å²) in [5, 5.41) is 10.1. The summed E-state index contributed by atoms with van der Waals surface area (Å²) in [7, 11) is -2.97. The summed E-state index contributed by atoms with van der Waals surface area (Å²) in [5.74, 6) is 0.0590. The first-order valence-electron chi connectivity index (χ1n) is 4.89. The molecule has 1 atom stereocenters. The van der Waals surface area contributed by atoms with Gasteiger partial charge in [-0.05, 0) is 25.7 Å². The summed E-state index contributed by atoms with van der Waals surface area (Å²) >= 11 is 0. The summed E-state index contributed by atoms with van der Waals surface area (Å²) in [6.45, 7) is 1.20. The lowest BCUT2D eigenvalue weighted by Crippen LogP contribution is -2.31. The van der Waals surface area contributed by atoms with Crippen molar-refractivity contribution in [2.45, 2.75) is 31.3 Å². The van der Waals surface area contributed by atoms with Crippen LogP contribution in [0.25, 0.3) is 0 Å². The Kier molecular flexibility index (Phi) is 3.92. The molecule has 1 N–H and O–H groups in total. The van der Waals surface area contributed by atoms with Gasteiger partial charge >= 0.3 is 0 Å². The average Bonchev–Trinajstić information content (AvgIpc) is 2.27. The van der Waals surface area contributed by atoms with Crippen molar-refractivity contribution in [3.05, 3.63) is 0 Å². The average molecular weight is 222 g/mol. The van der Waals surface area contributed by atoms with Crippen molar-refractivity contribution in [2.75, 3.05) is 25.2 Å². The van der Waals surface area contributed by atoms with Gasteiger partial charge in [-0.3, -0.25) is 0 Å². The number of hydrogen-bond donors (Lipinski definition) is 1. The van der Waals surface area contributed by atoms with Crippen molar-refractivity contribution in [1.82, 2.24) is 0 Å². The Bertz CT molecular complexity index is 263. The summed E-state index contributed by atoms with van der Waals surface area (Å²) in [4.78, 5) is 0. The molecular formula is C9H18O4S. The third-order valence-corrected chi connectivity index (χ3v) is 3.53. The van der Waals surface area contributed by atoms with Crippen molar-refractivity contribution < 1.29 is 18.3 Å². The molecule has 1 heterocycles. The molecule has 0 bridgehead atoms. The van der Waals surface area contributed by atoms with Crippen LogP contribution in [0.5, 0.6) is 0 Å². The highest BCUT2D eigenvalue weighted by Gasteiger charge is 2.29. The van der Waals surface area contributed by atoms with Crippen molar-refractivity contribution in [3.8, 4) is 0 Å². The molecule has 1 unspecified atom stereocenters. The highest BCUT2D eigenvalue weighted by Crippen LogP contribution is 2.25. The molecule has 1 fully saturated rings. The first-order chi connectivity index (χ1) is 6.41. The van der Waals surface area contributed by atoms with E-state index in [-0.39, 0.29) is 5.75 Å². The fourth-order valence-corrected chi connectivity index (χ4v) is 2.37. The Labute approximate surface area is 85.2 Å². The zero-order chi connectivity index (χ0) is 10.7. The second kappa shape index (κ2) is 4.59. The molecular weight excluding hydrogens is 204 g/mol. The zero-order valence-electron chi connectivity index (χ0n) is 8.53. The first kappa shape index (κ1) is 11.9. The SMILES string of the molecule is CS(=O)(=O)CCC1(O)CCCOCC1. The smallest absolute Gasteiger partial charge is 0.147 e. The third kappa shape index (κ3) is 4.39. The quantitative estimate of drug-likeness (QED) is 0.748. The maximum atomic E-state index is 11.0. The standard InChI is InChI=1S/C9H18O4S/c1-14(11,12)8-5-9(10)3-2-6-13-7-4-9/h10H,2-8H2,1H3. The van der Waals surface area contributed by atoms with Crippen LogP contribution >= 0.6 is 0 Å². The van der Waals surface area contributed by atoms with Crippen molar-refractivity contribution >= 4 is 9.84 Å². The number of hydrogen-bond acceptors (Lipinski definition) is 4. The van der Waals surface area contributed by atoms with Crippen molar-refractivity contribution in [2.24, 2.45) is 0 Å². The highest BCUT2D eigenvalue weighted by atomic mass is 32.2. The minimum absolute atomic E-state index is 0.0590. The second-order valence-electron chi connectivity index (χ2n) is 4.07. The van der Waals surface area contributed by atoms with Gasteiger partial charge in [0.05, 0.1) is 11.4 Å². The Morgan fingerprint density at radius 2 is 2.07 bits per heavy atom. The van der Waals surface area contributed by atoms with Gasteiger partial charge in [0.2, 0.25) is 0 Å². The van der Waals surface area contributed by atoms with Gasteiger partial charge in [-0.25, -0.2) is 8.42 Å². The number of ether oxygens (including phenoxy) is 1. The van der Waals surface area contributed by atoms with Crippen LogP contribution in [0.1, 0.15) is 25.7 Å². The summed E-state index contributed by atoms with van der Waals surface area (Å²) < 4.78 is 27.1. The van der Waals surface area contributed by atoms with E-state index in [1.807, 2.05) is 0 Å². The highest BCUT2D eigenvalue weighted by molar-refractivity contribution is 7.90. The Morgan fingerprint density at radius 1 is 1.36 bits per heavy atom. The minimum atomic E-state index is -2.97. The lowest BCUT2D eigenvalue weighted by atomic mass is 9.92. The molecule has 0 aromatic rings. The topological polar surface area (TPSA) is 63.6 Å². The molecule has 0 spiro atoms. The molecule has 84 valence electrons. The molecule has 1 aliphatic rings. The Morgan fingerprint density at radius 3 is 2.71 bits per heavy atom. The molecule has 0 saturated carbocycles. The van der Waals surface area contributed by atoms with E-state index in [0.717, 1.165) is 6.42 Å². The van der Waals surface area contributed by atoms with E-state index in [4.69, 9.17) is 4.74 Å². The number of aliphatic hydroxyl groups is 1. The molecule has 0 aromatic carbocycles. The van der Waals surface area contributed by atoms with E-state index in [2.05, 4.69) is 0 Å². The van der Waals surface area contributed by atoms with Crippen LogP contribution in [0.4, 0.5) is 0 Å². The van der Waals surface area contributed by atoms with Crippen molar-refractivity contribution in [1.29, 1.82) is 0 Å². The largest absolute Gasteiger partial charge is 0.390 e. The van der Waals surface area contributed by atoms with Gasteiger partial charge in [0.25, 0.3) is 0 Å². The van der Waals surface area contributed by atoms with Crippen LogP contribution in [-0.2, 0) is 14.6 Å². The molecule has 1 rings (SSSR count). The van der Waals surface area contributed by atoms with Gasteiger partial charge in [0.1, 0.15) is 9.84 Å². The van der Waals surface area contributed by atoms with E-state index >= 15 is 0 Å². The van der Waals surface area contributed by atoms with Crippen LogP contribution in [-0.4, -0.2) is 44.3 Å². The first-order valence-corrected chi connectivity index (χ1v) is 6.95. The molecule has 0 radical (unpaired) electrons. The monoisotopic (exact) mass is 222 g/mol. The number of rotatable bonds is 3. The van der Waals surface area contributed by atoms with Crippen LogP contribution in [0.2, 0.25) is 0 Å². The van der Waals surface area contributed by atoms with Crippen LogP contribution < -0.4 is 0 Å². The molecule has 14 heavy (non-hydrogen) atoms. The van der Waals surface area contributed by atoms with Crippen molar-refractivity contribution in [3.63, 3.8) is 0 Å². The molecule has 4 nitrogen and oxygen atoms in total. The maximum Gasteiger partial charge on any atom is 0.147 e. The van der Waals surface area contributed by atoms with Crippen LogP contribution in [0.15, 0.2) is 0 Å². The van der Waals surface area contributed by atoms with E-state index in [1.165, 1.54) is 6.26 Å². The third-order valence-electron chi connectivity index (χ3n) is 2.58. The second-order valence-corrected chi connectivity index (χ2v) is 6.33. The molecule has 5 heteroatoms. The van der Waals surface area contributed by atoms with E-state index in [9.17, 15) is 13.5 Å². The Hall–Kier alpha value is -0.130. The summed E-state index contributed by atoms with van der Waals surface area (Å²) in [6, 6.07) is 0. The lowest BCUT2D eigenvalue weighted by molar-refractivity contribution is 0.0158. The predicted molar refractivity (Wildman–Crippen MR) is 53.9 cm³/mol. The normalized spacial score (nSPS) is 29.9. The van der Waals surface area contributed by atoms with Gasteiger partial charge in [-0.2, -0.15) is 0 Å². The van der Waals surface area contributed by atoms with Crippen LogP contribution in [0, 0.1) is 0 Å². The summed E-state index contributed by atoms with van der Waals surface area (Å²) in [5.41, 5.74) is -0.834. The molecule has 0 amide bonds. The van der Waals surface area contributed by atoms with Gasteiger partial charge in [0.15, 0.2) is 0 Å². The van der Waals surface area contributed by atoms with Crippen LogP contribution in [0.3, 0.4) is 0 Å². The zero-order valence-corrected chi connectivity index (χ0v) is 9.35. The van der Waals surface area contributed by atoms with Gasteiger partial charge < -0.3 is 9.84 Å².